The van der Waals surface area contributed by atoms with Gasteiger partial charge < -0.3 is 15.4 Å². The molecule has 1 aromatic rings. The third-order valence-electron chi connectivity index (χ3n) is 3.23. The number of nitrogens with zero attached hydrogens (tertiary/aromatic N) is 1. The Kier molecular flexibility index (Phi) is 5.39. The van der Waals surface area contributed by atoms with Gasteiger partial charge in [0.25, 0.3) is 5.91 Å². The molecule has 0 saturated heterocycles. The molecule has 1 aliphatic heterocycles. The van der Waals surface area contributed by atoms with Gasteiger partial charge in [-0.05, 0) is 19.1 Å². The summed E-state index contributed by atoms with van der Waals surface area (Å²) in [5.74, 6) is 0.797. The highest BCUT2D eigenvalue weighted by molar-refractivity contribution is 5.99. The average molecular weight is 283 g/mol. The van der Waals surface area contributed by atoms with Crippen LogP contribution in [0.1, 0.15) is 12.5 Å². The number of ether oxygens (including phenoxy) is 1. The normalized spacial score (nSPS) is 14.4. The molecule has 1 atom stereocenters. The summed E-state index contributed by atoms with van der Waals surface area (Å²) in [6, 6.07) is 7.71. The fraction of sp³-hybridized carbons (Fsp3) is 0.357. The highest BCUT2D eigenvalue weighted by atomic mass is 35.5. The minimum absolute atomic E-state index is 0. The van der Waals surface area contributed by atoms with E-state index in [2.05, 4.69) is 0 Å². The van der Waals surface area contributed by atoms with E-state index in [1.54, 1.807) is 11.9 Å². The zero-order chi connectivity index (χ0) is 13.1. The first-order chi connectivity index (χ1) is 8.63. The molecule has 4 nitrogen and oxygen atoms in total. The van der Waals surface area contributed by atoms with Crippen molar-refractivity contribution in [2.24, 2.45) is 5.73 Å². The maximum Gasteiger partial charge on any atom is 0.253 e. The molecule has 1 heterocycles. The van der Waals surface area contributed by atoms with Gasteiger partial charge in [-0.1, -0.05) is 18.2 Å². The molecule has 0 bridgehead atoms. The van der Waals surface area contributed by atoms with E-state index in [0.717, 1.165) is 11.3 Å². The van der Waals surface area contributed by atoms with Crippen molar-refractivity contribution in [1.29, 1.82) is 0 Å². The van der Waals surface area contributed by atoms with Crippen LogP contribution in [0.15, 0.2) is 29.8 Å². The summed E-state index contributed by atoms with van der Waals surface area (Å²) in [6.45, 7) is 2.69. The van der Waals surface area contributed by atoms with E-state index >= 15 is 0 Å². The molecule has 5 heteroatoms. The van der Waals surface area contributed by atoms with Gasteiger partial charge >= 0.3 is 0 Å². The molecule has 0 aliphatic carbocycles. The maximum absolute atomic E-state index is 12.2. The summed E-state index contributed by atoms with van der Waals surface area (Å²) in [4.78, 5) is 13.9. The van der Waals surface area contributed by atoms with Gasteiger partial charge in [-0.2, -0.15) is 0 Å². The van der Waals surface area contributed by atoms with E-state index in [-0.39, 0.29) is 24.4 Å². The minimum atomic E-state index is -0.0255. The zero-order valence-corrected chi connectivity index (χ0v) is 11.9. The Balaban J connectivity index is 0.00000180. The first-order valence-electron chi connectivity index (χ1n) is 6.03. The molecule has 1 aromatic carbocycles. The fourth-order valence-electron chi connectivity index (χ4n) is 1.82. The topological polar surface area (TPSA) is 55.6 Å². The van der Waals surface area contributed by atoms with Gasteiger partial charge in [0.1, 0.15) is 12.4 Å². The Bertz CT molecular complexity index is 488. The molecule has 19 heavy (non-hydrogen) atoms. The van der Waals surface area contributed by atoms with Gasteiger partial charge in [0.05, 0.1) is 5.57 Å². The Morgan fingerprint density at radius 2 is 2.16 bits per heavy atom. The predicted octanol–water partition coefficient (Wildman–Crippen LogP) is 1.69. The van der Waals surface area contributed by atoms with Crippen LogP contribution in [-0.4, -0.2) is 37.0 Å². The summed E-state index contributed by atoms with van der Waals surface area (Å²) in [5.41, 5.74) is 7.18. The summed E-state index contributed by atoms with van der Waals surface area (Å²) < 4.78 is 5.57. The highest BCUT2D eigenvalue weighted by Gasteiger charge is 2.22. The van der Waals surface area contributed by atoms with Crippen LogP contribution in [0.25, 0.3) is 6.08 Å². The Morgan fingerprint density at radius 3 is 2.84 bits per heavy atom. The van der Waals surface area contributed by atoms with E-state index in [0.29, 0.717) is 18.7 Å². The number of halogens is 1. The van der Waals surface area contributed by atoms with Crippen molar-refractivity contribution in [2.75, 3.05) is 20.2 Å². The van der Waals surface area contributed by atoms with Crippen LogP contribution in [-0.2, 0) is 4.79 Å². The molecule has 0 aromatic heterocycles. The van der Waals surface area contributed by atoms with Gasteiger partial charge in [-0.15, -0.1) is 12.4 Å². The largest absolute Gasteiger partial charge is 0.488 e. The monoisotopic (exact) mass is 282 g/mol. The lowest BCUT2D eigenvalue weighted by atomic mass is 10.1. The van der Waals surface area contributed by atoms with E-state index in [9.17, 15) is 4.79 Å². The van der Waals surface area contributed by atoms with E-state index < -0.39 is 0 Å². The van der Waals surface area contributed by atoms with Crippen LogP contribution in [0, 0.1) is 0 Å². The summed E-state index contributed by atoms with van der Waals surface area (Å²) in [5, 5.41) is 0. The van der Waals surface area contributed by atoms with Crippen molar-refractivity contribution in [3.63, 3.8) is 0 Å². The number of rotatable bonds is 3. The molecule has 1 unspecified atom stereocenters. The second-order valence-electron chi connectivity index (χ2n) is 4.50. The molecule has 104 valence electrons. The number of para-hydroxylation sites is 1. The highest BCUT2D eigenvalue weighted by Crippen LogP contribution is 2.26. The van der Waals surface area contributed by atoms with Crippen LogP contribution in [0.2, 0.25) is 0 Å². The van der Waals surface area contributed by atoms with E-state index in [4.69, 9.17) is 10.5 Å². The average Bonchev–Trinajstić information content (AvgIpc) is 2.44. The quantitative estimate of drug-likeness (QED) is 0.918. The molecule has 2 rings (SSSR count). The molecule has 0 spiro atoms. The smallest absolute Gasteiger partial charge is 0.253 e. The number of hydrogen-bond donors (Lipinski definition) is 1. The first kappa shape index (κ1) is 15.5. The number of amides is 1. The van der Waals surface area contributed by atoms with E-state index in [1.807, 2.05) is 37.3 Å². The molecule has 1 aliphatic rings. The van der Waals surface area contributed by atoms with Gasteiger partial charge in [0.15, 0.2) is 0 Å². The third kappa shape index (κ3) is 3.28. The van der Waals surface area contributed by atoms with Crippen molar-refractivity contribution in [1.82, 2.24) is 4.90 Å². The van der Waals surface area contributed by atoms with Crippen molar-refractivity contribution in [2.45, 2.75) is 13.0 Å². The number of fused-ring (bicyclic) bond motifs is 1. The van der Waals surface area contributed by atoms with Crippen LogP contribution < -0.4 is 10.5 Å². The molecule has 1 amide bonds. The molecule has 0 saturated carbocycles. The van der Waals surface area contributed by atoms with Crippen molar-refractivity contribution < 1.29 is 9.53 Å². The molecule has 0 fully saturated rings. The Labute approximate surface area is 119 Å². The number of carbonyl (C=O) groups is 1. The second-order valence-corrected chi connectivity index (χ2v) is 4.50. The zero-order valence-electron chi connectivity index (χ0n) is 11.1. The number of benzene rings is 1. The van der Waals surface area contributed by atoms with Crippen LogP contribution in [0.5, 0.6) is 5.75 Å². The lowest BCUT2D eigenvalue weighted by Crippen LogP contribution is -2.41. The van der Waals surface area contributed by atoms with Gasteiger partial charge in [-0.3, -0.25) is 4.79 Å². The van der Waals surface area contributed by atoms with Crippen molar-refractivity contribution in [3.8, 4) is 5.75 Å². The first-order valence-corrected chi connectivity index (χ1v) is 6.03. The van der Waals surface area contributed by atoms with E-state index in [1.165, 1.54) is 0 Å². The van der Waals surface area contributed by atoms with Gasteiger partial charge in [0.2, 0.25) is 0 Å². The Hall–Kier alpha value is -1.52. The number of nitrogens with two attached hydrogens (primary N) is 1. The molecule has 2 N–H and O–H groups in total. The standard InChI is InChI=1S/C14H18N2O2.ClH/c1-10(8-15)16(2)14(17)12-7-11-5-3-4-6-13(11)18-9-12;/h3-7,10H,8-9,15H2,1-2H3;1H. The van der Waals surface area contributed by atoms with Gasteiger partial charge in [0, 0.05) is 25.2 Å². The van der Waals surface area contributed by atoms with Crippen molar-refractivity contribution >= 4 is 24.4 Å². The number of carbonyl (C=O) groups excluding carboxylic acids is 1. The SMILES string of the molecule is CC(CN)N(C)C(=O)C1=Cc2ccccc2OC1.Cl. The summed E-state index contributed by atoms with van der Waals surface area (Å²) in [7, 11) is 1.77. The summed E-state index contributed by atoms with van der Waals surface area (Å²) in [6.07, 6.45) is 1.89. The van der Waals surface area contributed by atoms with Crippen LogP contribution >= 0.6 is 12.4 Å². The van der Waals surface area contributed by atoms with Crippen molar-refractivity contribution in [3.05, 3.63) is 35.4 Å². The lowest BCUT2D eigenvalue weighted by Gasteiger charge is -2.26. The maximum atomic E-state index is 12.2. The minimum Gasteiger partial charge on any atom is -0.488 e. The number of hydrogen-bond acceptors (Lipinski definition) is 3. The molecular formula is C14H19ClN2O2. The number of likely N-dealkylation sites (N-methyl/N-ethyl adjacent to an activating group) is 1. The third-order valence-corrected chi connectivity index (χ3v) is 3.23. The molecule has 0 radical (unpaired) electrons. The fourth-order valence-corrected chi connectivity index (χ4v) is 1.82. The predicted molar refractivity (Wildman–Crippen MR) is 78.4 cm³/mol. The Morgan fingerprint density at radius 1 is 1.47 bits per heavy atom. The second kappa shape index (κ2) is 6.59. The molecular weight excluding hydrogens is 264 g/mol. The summed E-state index contributed by atoms with van der Waals surface area (Å²) >= 11 is 0. The van der Waals surface area contributed by atoms with Crippen LogP contribution in [0.3, 0.4) is 0 Å². The van der Waals surface area contributed by atoms with Crippen LogP contribution in [0.4, 0.5) is 0 Å². The lowest BCUT2D eigenvalue weighted by molar-refractivity contribution is -0.127. The van der Waals surface area contributed by atoms with Gasteiger partial charge in [-0.25, -0.2) is 0 Å².